The molecule has 0 fully saturated rings. The number of nitrogens with one attached hydrogen (secondary N) is 2. The highest BCUT2D eigenvalue weighted by molar-refractivity contribution is 6.33. The highest BCUT2D eigenvalue weighted by atomic mass is 35.5. The summed E-state index contributed by atoms with van der Waals surface area (Å²) in [5.41, 5.74) is 7.04. The first-order chi connectivity index (χ1) is 15.0. The van der Waals surface area contributed by atoms with E-state index in [0.29, 0.717) is 48.3 Å². The number of fused-ring (bicyclic) bond motifs is 1. The van der Waals surface area contributed by atoms with E-state index < -0.39 is 11.9 Å². The number of hydrogen-bond donors (Lipinski definition) is 3. The lowest BCUT2D eigenvalue weighted by molar-refractivity contribution is 0.0931. The van der Waals surface area contributed by atoms with Crippen LogP contribution in [-0.2, 0) is 6.54 Å². The molecule has 4 N–H and O–H groups in total. The van der Waals surface area contributed by atoms with Crippen molar-refractivity contribution in [3.63, 3.8) is 0 Å². The van der Waals surface area contributed by atoms with Gasteiger partial charge in [0.25, 0.3) is 11.5 Å². The molecule has 0 saturated heterocycles. The maximum Gasteiger partial charge on any atom is 0.255 e. The molecule has 1 aliphatic rings. The molecule has 1 aliphatic heterocycles. The second-order valence-electron chi connectivity index (χ2n) is 6.89. The van der Waals surface area contributed by atoms with Gasteiger partial charge in [-0.3, -0.25) is 14.2 Å². The van der Waals surface area contributed by atoms with Gasteiger partial charge in [0, 0.05) is 38.0 Å². The number of nitrogen functional groups attached to an aromatic ring is 1. The predicted molar refractivity (Wildman–Crippen MR) is 115 cm³/mol. The van der Waals surface area contributed by atoms with Crippen molar-refractivity contribution in [2.75, 3.05) is 25.9 Å². The molecule has 0 aliphatic carbocycles. The molecule has 0 bridgehead atoms. The van der Waals surface area contributed by atoms with Crippen LogP contribution in [0.2, 0.25) is 5.02 Å². The maximum absolute atomic E-state index is 13.1. The fourth-order valence-electron chi connectivity index (χ4n) is 3.38. The molecule has 3 aromatic rings. The summed E-state index contributed by atoms with van der Waals surface area (Å²) in [6.45, 7) is 1.37. The number of nitrogens with zero attached hydrogens (tertiary/aromatic N) is 4. The molecule has 0 radical (unpaired) electrons. The van der Waals surface area contributed by atoms with Crippen LogP contribution in [0.5, 0.6) is 5.75 Å². The minimum absolute atomic E-state index is 0.227. The van der Waals surface area contributed by atoms with Gasteiger partial charge in [-0.25, -0.2) is 15.0 Å². The van der Waals surface area contributed by atoms with Crippen molar-refractivity contribution in [2.24, 2.45) is 0 Å². The first kappa shape index (κ1) is 20.8. The van der Waals surface area contributed by atoms with E-state index in [1.165, 1.54) is 31.6 Å². The fourth-order valence-corrected chi connectivity index (χ4v) is 3.55. The van der Waals surface area contributed by atoms with E-state index in [1.54, 1.807) is 16.8 Å². The first-order valence-corrected chi connectivity index (χ1v) is 9.88. The second kappa shape index (κ2) is 8.70. The first-order valence-electron chi connectivity index (χ1n) is 9.50. The van der Waals surface area contributed by atoms with Gasteiger partial charge in [0.1, 0.15) is 17.9 Å². The Labute approximate surface area is 182 Å². The third-order valence-electron chi connectivity index (χ3n) is 4.92. The average molecular weight is 442 g/mol. The van der Waals surface area contributed by atoms with Gasteiger partial charge >= 0.3 is 0 Å². The minimum atomic E-state index is -0.578. The third-order valence-corrected chi connectivity index (χ3v) is 5.25. The van der Waals surface area contributed by atoms with E-state index in [4.69, 9.17) is 22.1 Å². The number of carbonyl (C=O) groups is 1. The van der Waals surface area contributed by atoms with Gasteiger partial charge in [0.15, 0.2) is 0 Å². The molecule has 1 unspecified atom stereocenters. The van der Waals surface area contributed by atoms with Crippen LogP contribution in [-0.4, -0.2) is 45.6 Å². The van der Waals surface area contributed by atoms with E-state index in [1.807, 2.05) is 0 Å². The van der Waals surface area contributed by atoms with Crippen molar-refractivity contribution >= 4 is 23.2 Å². The van der Waals surface area contributed by atoms with Crippen LogP contribution in [0.1, 0.15) is 22.2 Å². The molecule has 4 rings (SSSR count). The summed E-state index contributed by atoms with van der Waals surface area (Å²) < 4.78 is 6.83. The molecule has 1 aromatic carbocycles. The number of nitrogens with two attached hydrogens (primary N) is 1. The Bertz CT molecular complexity index is 1180. The summed E-state index contributed by atoms with van der Waals surface area (Å²) in [5.74, 6) is 0.293. The lowest BCUT2D eigenvalue weighted by atomic mass is 10.1. The number of methoxy groups -OCH3 is 1. The summed E-state index contributed by atoms with van der Waals surface area (Å²) in [6.07, 6.45) is 2.96. The number of aromatic nitrogens is 4. The van der Waals surface area contributed by atoms with E-state index in [-0.39, 0.29) is 16.1 Å². The lowest BCUT2D eigenvalue weighted by Crippen LogP contribution is -2.37. The number of hydrogen-bond acceptors (Lipinski definition) is 8. The molecule has 3 heterocycles. The highest BCUT2D eigenvalue weighted by Gasteiger charge is 2.26. The molecule has 2 aromatic heterocycles. The number of ether oxygens (including phenoxy) is 1. The normalized spacial score (nSPS) is 15.6. The molecule has 11 heteroatoms. The Morgan fingerprint density at radius 2 is 2.19 bits per heavy atom. The zero-order valence-electron chi connectivity index (χ0n) is 16.6. The molecule has 0 spiro atoms. The van der Waals surface area contributed by atoms with Gasteiger partial charge in [-0.05, 0) is 12.1 Å². The SMILES string of the molecule is COc1cc(N)c(Cl)cc1C(=O)NC1CNCCn2c1nc(-c1ccncn1)cc2=O. The largest absolute Gasteiger partial charge is 0.496 e. The summed E-state index contributed by atoms with van der Waals surface area (Å²) in [6, 6.07) is 5.46. The molecular formula is C20H20ClN7O3. The number of carbonyl (C=O) groups excluding carboxylic acids is 1. The molecule has 0 saturated carbocycles. The van der Waals surface area contributed by atoms with Gasteiger partial charge in [-0.1, -0.05) is 11.6 Å². The Kier molecular flexibility index (Phi) is 5.83. The van der Waals surface area contributed by atoms with Crippen LogP contribution in [0.4, 0.5) is 5.69 Å². The second-order valence-corrected chi connectivity index (χ2v) is 7.30. The van der Waals surface area contributed by atoms with Crippen molar-refractivity contribution in [3.8, 4) is 17.1 Å². The lowest BCUT2D eigenvalue weighted by Gasteiger charge is -2.20. The van der Waals surface area contributed by atoms with Crippen molar-refractivity contribution in [1.29, 1.82) is 0 Å². The van der Waals surface area contributed by atoms with Crippen molar-refractivity contribution in [1.82, 2.24) is 30.2 Å². The molecule has 31 heavy (non-hydrogen) atoms. The Morgan fingerprint density at radius 1 is 1.35 bits per heavy atom. The molecule has 160 valence electrons. The van der Waals surface area contributed by atoms with E-state index in [0.717, 1.165) is 0 Å². The smallest absolute Gasteiger partial charge is 0.255 e. The van der Waals surface area contributed by atoms with Crippen LogP contribution in [0, 0.1) is 0 Å². The molecular weight excluding hydrogens is 422 g/mol. The highest BCUT2D eigenvalue weighted by Crippen LogP contribution is 2.29. The monoisotopic (exact) mass is 441 g/mol. The predicted octanol–water partition coefficient (Wildman–Crippen LogP) is 1.02. The zero-order chi connectivity index (χ0) is 22.0. The zero-order valence-corrected chi connectivity index (χ0v) is 17.4. The van der Waals surface area contributed by atoms with E-state index in [9.17, 15) is 9.59 Å². The quantitative estimate of drug-likeness (QED) is 0.510. The van der Waals surface area contributed by atoms with Gasteiger partial charge in [0.05, 0.1) is 40.8 Å². The van der Waals surface area contributed by atoms with E-state index in [2.05, 4.69) is 25.6 Å². The fraction of sp³-hybridized carbons (Fsp3) is 0.250. The minimum Gasteiger partial charge on any atom is -0.496 e. The number of anilines is 1. The van der Waals surface area contributed by atoms with Crippen molar-refractivity contribution < 1.29 is 9.53 Å². The topological polar surface area (TPSA) is 137 Å². The average Bonchev–Trinajstić information content (AvgIpc) is 2.98. The molecule has 1 amide bonds. The van der Waals surface area contributed by atoms with Crippen molar-refractivity contribution in [2.45, 2.75) is 12.6 Å². The third kappa shape index (κ3) is 4.21. The Morgan fingerprint density at radius 3 is 2.94 bits per heavy atom. The van der Waals surface area contributed by atoms with Crippen LogP contribution in [0.3, 0.4) is 0 Å². The maximum atomic E-state index is 13.1. The van der Waals surface area contributed by atoms with Gasteiger partial charge < -0.3 is 21.1 Å². The summed E-state index contributed by atoms with van der Waals surface area (Å²) in [4.78, 5) is 38.6. The number of benzene rings is 1. The van der Waals surface area contributed by atoms with Crippen LogP contribution < -0.4 is 26.7 Å². The van der Waals surface area contributed by atoms with Crippen LogP contribution >= 0.6 is 11.6 Å². The summed E-state index contributed by atoms with van der Waals surface area (Å²) in [7, 11) is 1.44. The number of amides is 1. The Balaban J connectivity index is 1.73. The number of rotatable bonds is 4. The van der Waals surface area contributed by atoms with Gasteiger partial charge in [-0.2, -0.15) is 0 Å². The van der Waals surface area contributed by atoms with Gasteiger partial charge in [-0.15, -0.1) is 0 Å². The van der Waals surface area contributed by atoms with Crippen LogP contribution in [0.15, 0.2) is 41.6 Å². The Hall–Kier alpha value is -3.50. The standard InChI is InChI=1S/C20H20ClN7O3/c1-31-17-7-13(22)12(21)6-11(17)20(30)27-16-9-23-4-5-28-18(29)8-15(26-19(16)28)14-2-3-24-10-25-14/h2-3,6-8,10,16,23H,4-5,9,22H2,1H3,(H,27,30). The molecule has 10 nitrogen and oxygen atoms in total. The number of halogens is 1. The summed E-state index contributed by atoms with van der Waals surface area (Å²) in [5, 5.41) is 6.38. The molecule has 1 atom stereocenters. The van der Waals surface area contributed by atoms with Gasteiger partial charge in [0.2, 0.25) is 0 Å². The summed E-state index contributed by atoms with van der Waals surface area (Å²) >= 11 is 6.10. The van der Waals surface area contributed by atoms with E-state index >= 15 is 0 Å². The van der Waals surface area contributed by atoms with Crippen LogP contribution in [0.25, 0.3) is 11.4 Å². The van der Waals surface area contributed by atoms with Crippen molar-refractivity contribution in [3.05, 3.63) is 63.6 Å².